The van der Waals surface area contributed by atoms with Gasteiger partial charge in [0.15, 0.2) is 5.58 Å². The Bertz CT molecular complexity index is 1090. The molecule has 25 heavy (non-hydrogen) atoms. The lowest BCUT2D eigenvalue weighted by Crippen LogP contribution is -2.26. The van der Waals surface area contributed by atoms with Crippen LogP contribution in [0.15, 0.2) is 64.1 Å². The van der Waals surface area contributed by atoms with E-state index in [4.69, 9.17) is 9.15 Å². The van der Waals surface area contributed by atoms with Crippen molar-refractivity contribution < 1.29 is 13.9 Å². The van der Waals surface area contributed by atoms with Gasteiger partial charge in [0, 0.05) is 12.4 Å². The van der Waals surface area contributed by atoms with Gasteiger partial charge in [0.2, 0.25) is 0 Å². The standard InChI is InChI=1S/C18H15N3O4/c1-12(21-14-6-2-3-7-15(14)25-18(21)23)17(22)24-11-13-10-20-9-5-4-8-16(20)19-13/h2-10,12H,11H2,1H3. The zero-order valence-electron chi connectivity index (χ0n) is 13.5. The van der Waals surface area contributed by atoms with Gasteiger partial charge in [-0.2, -0.15) is 0 Å². The molecule has 7 heteroatoms. The first-order chi connectivity index (χ1) is 12.1. The van der Waals surface area contributed by atoms with Crippen molar-refractivity contribution in [2.45, 2.75) is 19.6 Å². The van der Waals surface area contributed by atoms with E-state index in [-0.39, 0.29) is 6.61 Å². The number of fused-ring (bicyclic) bond motifs is 2. The molecular formula is C18H15N3O4. The number of aromatic nitrogens is 3. The van der Waals surface area contributed by atoms with Gasteiger partial charge in [-0.25, -0.2) is 14.6 Å². The van der Waals surface area contributed by atoms with E-state index in [9.17, 15) is 9.59 Å². The molecule has 0 saturated heterocycles. The molecule has 4 aromatic rings. The Kier molecular flexibility index (Phi) is 3.61. The summed E-state index contributed by atoms with van der Waals surface area (Å²) >= 11 is 0. The average Bonchev–Trinajstić information content (AvgIpc) is 3.18. The van der Waals surface area contributed by atoms with Gasteiger partial charge in [0.05, 0.1) is 11.2 Å². The van der Waals surface area contributed by atoms with Crippen LogP contribution in [0.3, 0.4) is 0 Å². The first-order valence-corrected chi connectivity index (χ1v) is 7.83. The zero-order valence-corrected chi connectivity index (χ0v) is 13.5. The first-order valence-electron chi connectivity index (χ1n) is 7.83. The molecule has 126 valence electrons. The van der Waals surface area contributed by atoms with E-state index in [1.807, 2.05) is 28.8 Å². The maximum absolute atomic E-state index is 12.4. The van der Waals surface area contributed by atoms with Gasteiger partial charge in [-0.3, -0.25) is 4.57 Å². The molecule has 1 aromatic carbocycles. The third-order valence-corrected chi connectivity index (χ3v) is 4.02. The number of esters is 1. The largest absolute Gasteiger partial charge is 0.458 e. The van der Waals surface area contributed by atoms with Crippen molar-refractivity contribution in [2.75, 3.05) is 0 Å². The second-order valence-corrected chi connectivity index (χ2v) is 5.69. The van der Waals surface area contributed by atoms with E-state index in [0.29, 0.717) is 16.8 Å². The van der Waals surface area contributed by atoms with E-state index in [2.05, 4.69) is 4.98 Å². The second-order valence-electron chi connectivity index (χ2n) is 5.69. The Balaban J connectivity index is 1.54. The Morgan fingerprint density at radius 2 is 2.04 bits per heavy atom. The summed E-state index contributed by atoms with van der Waals surface area (Å²) in [6, 6.07) is 11.8. The van der Waals surface area contributed by atoms with Gasteiger partial charge in [-0.1, -0.05) is 18.2 Å². The quantitative estimate of drug-likeness (QED) is 0.535. The predicted octanol–water partition coefficient (Wildman–Crippen LogP) is 2.55. The number of benzene rings is 1. The molecular weight excluding hydrogens is 322 g/mol. The molecule has 0 bridgehead atoms. The average molecular weight is 337 g/mol. The number of imidazole rings is 1. The lowest BCUT2D eigenvalue weighted by atomic mass is 10.3. The number of carbonyl (C=O) groups excluding carboxylic acids is 1. The third kappa shape index (κ3) is 2.69. The molecule has 0 radical (unpaired) electrons. The van der Waals surface area contributed by atoms with Crippen LogP contribution in [-0.4, -0.2) is 19.9 Å². The maximum atomic E-state index is 12.4. The van der Waals surface area contributed by atoms with Crippen molar-refractivity contribution in [3.63, 3.8) is 0 Å². The molecule has 0 amide bonds. The highest BCUT2D eigenvalue weighted by Gasteiger charge is 2.22. The highest BCUT2D eigenvalue weighted by Crippen LogP contribution is 2.18. The number of para-hydroxylation sites is 2. The van der Waals surface area contributed by atoms with Gasteiger partial charge >= 0.3 is 11.7 Å². The summed E-state index contributed by atoms with van der Waals surface area (Å²) in [7, 11) is 0. The van der Waals surface area contributed by atoms with Crippen LogP contribution in [0.4, 0.5) is 0 Å². The Morgan fingerprint density at radius 1 is 1.24 bits per heavy atom. The molecule has 0 aliphatic rings. The van der Waals surface area contributed by atoms with Crippen LogP contribution in [0.5, 0.6) is 0 Å². The van der Waals surface area contributed by atoms with Gasteiger partial charge in [-0.15, -0.1) is 0 Å². The number of rotatable bonds is 4. The van der Waals surface area contributed by atoms with Crippen LogP contribution in [0.25, 0.3) is 16.7 Å². The zero-order chi connectivity index (χ0) is 17.4. The maximum Gasteiger partial charge on any atom is 0.420 e. The smallest absolute Gasteiger partial charge is 0.420 e. The monoisotopic (exact) mass is 337 g/mol. The van der Waals surface area contributed by atoms with E-state index in [1.165, 1.54) is 4.57 Å². The second kappa shape index (κ2) is 5.94. The number of hydrogen-bond donors (Lipinski definition) is 0. The van der Waals surface area contributed by atoms with Gasteiger partial charge < -0.3 is 13.6 Å². The van der Waals surface area contributed by atoms with Crippen LogP contribution in [0.2, 0.25) is 0 Å². The molecule has 1 atom stereocenters. The molecule has 0 fully saturated rings. The summed E-state index contributed by atoms with van der Waals surface area (Å²) < 4.78 is 13.6. The SMILES string of the molecule is CC(C(=O)OCc1cn2ccccc2n1)n1c(=O)oc2ccccc21. The normalized spacial score (nSPS) is 12.5. The van der Waals surface area contributed by atoms with Crippen LogP contribution in [0.1, 0.15) is 18.7 Å². The summed E-state index contributed by atoms with van der Waals surface area (Å²) in [5.74, 6) is -1.11. The Hall–Kier alpha value is -3.35. The number of ether oxygens (including phenoxy) is 1. The van der Waals surface area contributed by atoms with Crippen molar-refractivity contribution >= 4 is 22.7 Å². The molecule has 3 heterocycles. The fourth-order valence-corrected chi connectivity index (χ4v) is 2.78. The molecule has 7 nitrogen and oxygen atoms in total. The fourth-order valence-electron chi connectivity index (χ4n) is 2.78. The van der Waals surface area contributed by atoms with Gasteiger partial charge in [-0.05, 0) is 31.2 Å². The highest BCUT2D eigenvalue weighted by atomic mass is 16.5. The summed E-state index contributed by atoms with van der Waals surface area (Å²) in [5.41, 5.74) is 2.41. The van der Waals surface area contributed by atoms with Crippen LogP contribution >= 0.6 is 0 Å². The number of oxazole rings is 1. The first kappa shape index (κ1) is 15.2. The van der Waals surface area contributed by atoms with E-state index in [0.717, 1.165) is 5.65 Å². The number of pyridine rings is 1. The van der Waals surface area contributed by atoms with Crippen LogP contribution in [-0.2, 0) is 16.1 Å². The minimum absolute atomic E-state index is 0.0371. The van der Waals surface area contributed by atoms with Crippen molar-refractivity contribution in [3.05, 3.63) is 71.1 Å². The van der Waals surface area contributed by atoms with E-state index < -0.39 is 17.8 Å². The molecule has 0 spiro atoms. The number of carbonyl (C=O) groups is 1. The minimum atomic E-state index is -0.798. The molecule has 1 unspecified atom stereocenters. The van der Waals surface area contributed by atoms with Crippen molar-refractivity contribution in [3.8, 4) is 0 Å². The summed E-state index contributed by atoms with van der Waals surface area (Å²) in [6.45, 7) is 1.64. The predicted molar refractivity (Wildman–Crippen MR) is 90.2 cm³/mol. The number of hydrogen-bond acceptors (Lipinski definition) is 5. The van der Waals surface area contributed by atoms with Crippen LogP contribution < -0.4 is 5.76 Å². The lowest BCUT2D eigenvalue weighted by molar-refractivity contribution is -0.148. The number of nitrogens with zero attached hydrogens (tertiary/aromatic N) is 3. The summed E-state index contributed by atoms with van der Waals surface area (Å²) in [4.78, 5) is 28.8. The van der Waals surface area contributed by atoms with Gasteiger partial charge in [0.25, 0.3) is 0 Å². The topological polar surface area (TPSA) is 78.7 Å². The molecule has 0 N–H and O–H groups in total. The van der Waals surface area contributed by atoms with E-state index in [1.54, 1.807) is 37.4 Å². The highest BCUT2D eigenvalue weighted by molar-refractivity contribution is 5.79. The minimum Gasteiger partial charge on any atom is -0.458 e. The molecule has 0 aliphatic heterocycles. The molecule has 3 aromatic heterocycles. The molecule has 0 saturated carbocycles. The van der Waals surface area contributed by atoms with Crippen molar-refractivity contribution in [1.29, 1.82) is 0 Å². The lowest BCUT2D eigenvalue weighted by Gasteiger charge is -2.11. The van der Waals surface area contributed by atoms with Crippen LogP contribution in [0, 0.1) is 0 Å². The Labute approximate surface area is 142 Å². The molecule has 0 aliphatic carbocycles. The summed E-state index contributed by atoms with van der Waals surface area (Å²) in [6.07, 6.45) is 3.67. The van der Waals surface area contributed by atoms with Crippen molar-refractivity contribution in [1.82, 2.24) is 14.0 Å². The van der Waals surface area contributed by atoms with Gasteiger partial charge in [0.1, 0.15) is 18.3 Å². The van der Waals surface area contributed by atoms with Crippen molar-refractivity contribution in [2.24, 2.45) is 0 Å². The Morgan fingerprint density at radius 3 is 2.88 bits per heavy atom. The molecule has 4 rings (SSSR count). The fraction of sp³-hybridized carbons (Fsp3) is 0.167. The van der Waals surface area contributed by atoms with E-state index >= 15 is 0 Å². The third-order valence-electron chi connectivity index (χ3n) is 4.02. The summed E-state index contributed by atoms with van der Waals surface area (Å²) in [5, 5.41) is 0.